The SMILES string of the molecule is Cn1cc(CBr)oc1=O. The number of hydrogen-bond acceptors (Lipinski definition) is 2. The third-order valence-electron chi connectivity index (χ3n) is 0.976. The maximum absolute atomic E-state index is 10.6. The molecular formula is C5H6BrNO2. The standard InChI is InChI=1S/C5H6BrNO2/c1-7-3-4(2-6)9-5(7)8/h3H,2H2,1H3. The van der Waals surface area contributed by atoms with Crippen LogP contribution in [0.5, 0.6) is 0 Å². The van der Waals surface area contributed by atoms with E-state index < -0.39 is 0 Å². The smallest absolute Gasteiger partial charge is 0.412 e. The highest BCUT2D eigenvalue weighted by Crippen LogP contribution is 2.00. The molecule has 0 atom stereocenters. The highest BCUT2D eigenvalue weighted by atomic mass is 79.9. The molecule has 4 heteroatoms. The van der Waals surface area contributed by atoms with Gasteiger partial charge in [-0.05, 0) is 0 Å². The molecule has 0 N–H and O–H groups in total. The van der Waals surface area contributed by atoms with E-state index in [0.717, 1.165) is 0 Å². The minimum atomic E-state index is -0.315. The average Bonchev–Trinajstić information content (AvgIpc) is 2.13. The minimum Gasteiger partial charge on any atom is -0.412 e. The first kappa shape index (κ1) is 6.61. The van der Waals surface area contributed by atoms with Crippen LogP contribution in [-0.4, -0.2) is 4.57 Å². The molecule has 3 nitrogen and oxygen atoms in total. The molecule has 0 spiro atoms. The molecule has 1 aromatic rings. The largest absolute Gasteiger partial charge is 0.418 e. The number of rotatable bonds is 1. The molecule has 0 aliphatic heterocycles. The van der Waals surface area contributed by atoms with E-state index in [0.29, 0.717) is 11.1 Å². The molecule has 1 heterocycles. The van der Waals surface area contributed by atoms with Crippen LogP contribution in [0.3, 0.4) is 0 Å². The fourth-order valence-electron chi connectivity index (χ4n) is 0.541. The molecular weight excluding hydrogens is 186 g/mol. The Balaban J connectivity index is 3.13. The molecule has 0 radical (unpaired) electrons. The van der Waals surface area contributed by atoms with Gasteiger partial charge in [-0.3, -0.25) is 4.57 Å². The van der Waals surface area contributed by atoms with Crippen LogP contribution in [0.4, 0.5) is 0 Å². The molecule has 0 amide bonds. The number of aryl methyl sites for hydroxylation is 1. The van der Waals surface area contributed by atoms with Gasteiger partial charge in [-0.25, -0.2) is 4.79 Å². The van der Waals surface area contributed by atoms with Crippen molar-refractivity contribution in [3.63, 3.8) is 0 Å². The van der Waals surface area contributed by atoms with Crippen molar-refractivity contribution in [1.29, 1.82) is 0 Å². The number of oxazole rings is 1. The van der Waals surface area contributed by atoms with Crippen molar-refractivity contribution in [3.05, 3.63) is 22.5 Å². The summed E-state index contributed by atoms with van der Waals surface area (Å²) < 4.78 is 6.12. The summed E-state index contributed by atoms with van der Waals surface area (Å²) in [5, 5.41) is 0.586. The molecule has 0 aromatic carbocycles. The number of halogens is 1. The monoisotopic (exact) mass is 191 g/mol. The Morgan fingerprint density at radius 1 is 1.89 bits per heavy atom. The van der Waals surface area contributed by atoms with Gasteiger partial charge in [0.1, 0.15) is 5.76 Å². The lowest BCUT2D eigenvalue weighted by atomic mass is 10.6. The quantitative estimate of drug-likeness (QED) is 0.619. The molecule has 0 unspecified atom stereocenters. The van der Waals surface area contributed by atoms with Gasteiger partial charge in [0.15, 0.2) is 0 Å². The third-order valence-corrected chi connectivity index (χ3v) is 1.53. The zero-order valence-corrected chi connectivity index (χ0v) is 6.51. The molecule has 9 heavy (non-hydrogen) atoms. The van der Waals surface area contributed by atoms with Gasteiger partial charge in [-0.1, -0.05) is 15.9 Å². The van der Waals surface area contributed by atoms with Crippen LogP contribution in [0, 0.1) is 0 Å². The van der Waals surface area contributed by atoms with Crippen LogP contribution in [0.15, 0.2) is 15.4 Å². The van der Waals surface area contributed by atoms with Crippen molar-refractivity contribution in [2.45, 2.75) is 5.33 Å². The van der Waals surface area contributed by atoms with Crippen molar-refractivity contribution in [2.24, 2.45) is 7.05 Å². The van der Waals surface area contributed by atoms with Crippen molar-refractivity contribution in [2.75, 3.05) is 0 Å². The van der Waals surface area contributed by atoms with E-state index in [1.807, 2.05) is 0 Å². The first-order valence-electron chi connectivity index (χ1n) is 2.45. The van der Waals surface area contributed by atoms with E-state index in [1.54, 1.807) is 13.2 Å². The van der Waals surface area contributed by atoms with E-state index in [2.05, 4.69) is 15.9 Å². The Labute approximate surface area is 60.4 Å². The van der Waals surface area contributed by atoms with Crippen LogP contribution in [0.1, 0.15) is 5.76 Å². The topological polar surface area (TPSA) is 35.1 Å². The molecule has 50 valence electrons. The van der Waals surface area contributed by atoms with Gasteiger partial charge < -0.3 is 4.42 Å². The van der Waals surface area contributed by atoms with Crippen LogP contribution in [0.25, 0.3) is 0 Å². The second-order valence-electron chi connectivity index (χ2n) is 1.71. The zero-order chi connectivity index (χ0) is 6.85. The molecule has 0 bridgehead atoms. The molecule has 0 fully saturated rings. The Bertz CT molecular complexity index is 250. The minimum absolute atomic E-state index is 0.315. The van der Waals surface area contributed by atoms with E-state index in [4.69, 9.17) is 4.42 Å². The Kier molecular flexibility index (Phi) is 1.75. The predicted octanol–water partition coefficient (Wildman–Crippen LogP) is 0.873. The Hall–Kier alpha value is -0.510. The summed E-state index contributed by atoms with van der Waals surface area (Å²) in [6.07, 6.45) is 1.65. The fraction of sp³-hybridized carbons (Fsp3) is 0.400. The van der Waals surface area contributed by atoms with E-state index in [1.165, 1.54) is 4.57 Å². The molecule has 0 aliphatic rings. The maximum atomic E-state index is 10.6. The molecule has 0 aliphatic carbocycles. The lowest BCUT2D eigenvalue weighted by Crippen LogP contribution is -2.07. The molecule has 0 saturated carbocycles. The third kappa shape index (κ3) is 1.24. The predicted molar refractivity (Wildman–Crippen MR) is 36.6 cm³/mol. The van der Waals surface area contributed by atoms with Gasteiger partial charge in [0.25, 0.3) is 0 Å². The lowest BCUT2D eigenvalue weighted by molar-refractivity contribution is 0.470. The summed E-state index contributed by atoms with van der Waals surface area (Å²) in [5.41, 5.74) is 0. The van der Waals surface area contributed by atoms with E-state index in [-0.39, 0.29) is 5.76 Å². The summed E-state index contributed by atoms with van der Waals surface area (Å²) >= 11 is 3.16. The van der Waals surface area contributed by atoms with Gasteiger partial charge in [0.2, 0.25) is 0 Å². The van der Waals surface area contributed by atoms with Gasteiger partial charge in [0, 0.05) is 13.2 Å². The van der Waals surface area contributed by atoms with Gasteiger partial charge in [-0.2, -0.15) is 0 Å². The highest BCUT2D eigenvalue weighted by molar-refractivity contribution is 9.08. The number of alkyl halides is 1. The normalized spacial score (nSPS) is 10.0. The van der Waals surface area contributed by atoms with Crippen LogP contribution in [0.2, 0.25) is 0 Å². The Morgan fingerprint density at radius 2 is 2.56 bits per heavy atom. The maximum Gasteiger partial charge on any atom is 0.418 e. The number of nitrogens with zero attached hydrogens (tertiary/aromatic N) is 1. The van der Waals surface area contributed by atoms with Crippen LogP contribution in [-0.2, 0) is 12.4 Å². The van der Waals surface area contributed by atoms with Gasteiger partial charge in [0.05, 0.1) is 5.33 Å². The van der Waals surface area contributed by atoms with E-state index >= 15 is 0 Å². The highest BCUT2D eigenvalue weighted by Gasteiger charge is 1.97. The van der Waals surface area contributed by atoms with Gasteiger partial charge in [-0.15, -0.1) is 0 Å². The van der Waals surface area contributed by atoms with E-state index in [9.17, 15) is 4.79 Å². The van der Waals surface area contributed by atoms with Crippen molar-refractivity contribution in [3.8, 4) is 0 Å². The second kappa shape index (κ2) is 2.39. The summed E-state index contributed by atoms with van der Waals surface area (Å²) in [6.45, 7) is 0. The number of aromatic nitrogens is 1. The summed E-state index contributed by atoms with van der Waals surface area (Å²) in [5.74, 6) is 0.340. The summed E-state index contributed by atoms with van der Waals surface area (Å²) in [7, 11) is 1.65. The molecule has 1 rings (SSSR count). The Morgan fingerprint density at radius 3 is 2.78 bits per heavy atom. The van der Waals surface area contributed by atoms with Crippen LogP contribution < -0.4 is 5.76 Å². The molecule has 0 saturated heterocycles. The number of hydrogen-bond donors (Lipinski definition) is 0. The second-order valence-corrected chi connectivity index (χ2v) is 2.27. The van der Waals surface area contributed by atoms with Crippen molar-refractivity contribution < 1.29 is 4.42 Å². The van der Waals surface area contributed by atoms with Crippen LogP contribution >= 0.6 is 15.9 Å². The molecule has 1 aromatic heterocycles. The fourth-order valence-corrected chi connectivity index (χ4v) is 0.800. The first-order chi connectivity index (χ1) is 4.24. The van der Waals surface area contributed by atoms with Gasteiger partial charge >= 0.3 is 5.76 Å². The lowest BCUT2D eigenvalue weighted by Gasteiger charge is -1.77. The average molecular weight is 192 g/mol. The summed E-state index contributed by atoms with van der Waals surface area (Å²) in [4.78, 5) is 10.6. The zero-order valence-electron chi connectivity index (χ0n) is 4.93. The first-order valence-corrected chi connectivity index (χ1v) is 3.57. The summed E-state index contributed by atoms with van der Waals surface area (Å²) in [6, 6.07) is 0. The van der Waals surface area contributed by atoms with Crippen molar-refractivity contribution in [1.82, 2.24) is 4.57 Å². The van der Waals surface area contributed by atoms with Crippen molar-refractivity contribution >= 4 is 15.9 Å².